The van der Waals surface area contributed by atoms with Crippen molar-refractivity contribution in [1.29, 1.82) is 0 Å². The van der Waals surface area contributed by atoms with Gasteiger partial charge in [-0.15, -0.1) is 10.2 Å². The highest BCUT2D eigenvalue weighted by atomic mass is 32.2. The van der Waals surface area contributed by atoms with Crippen LogP contribution in [0.2, 0.25) is 0 Å². The fourth-order valence-electron chi connectivity index (χ4n) is 2.11. The Balaban J connectivity index is 1.92. The zero-order chi connectivity index (χ0) is 18.2. The summed E-state index contributed by atoms with van der Waals surface area (Å²) in [4.78, 5) is 14.1. The molecule has 1 aromatic carbocycles. The second kappa shape index (κ2) is 9.57. The Labute approximate surface area is 154 Å². The maximum absolute atomic E-state index is 13.8. The monoisotopic (exact) mass is 384 g/mol. The molecule has 0 saturated heterocycles. The molecule has 0 bridgehead atoms. The molecular weight excluding hydrogens is 363 g/mol. The van der Waals surface area contributed by atoms with Gasteiger partial charge < -0.3 is 15.0 Å². The van der Waals surface area contributed by atoms with E-state index >= 15 is 0 Å². The number of carbonyl (C=O) groups excluding carboxylic acids is 1. The van der Waals surface area contributed by atoms with E-state index in [1.54, 1.807) is 17.0 Å². The van der Waals surface area contributed by atoms with Crippen LogP contribution >= 0.6 is 23.1 Å². The number of aromatic nitrogens is 2. The van der Waals surface area contributed by atoms with Gasteiger partial charge in [0, 0.05) is 19.6 Å². The number of amides is 1. The van der Waals surface area contributed by atoms with E-state index in [-0.39, 0.29) is 17.4 Å². The molecule has 1 N–H and O–H groups in total. The molecule has 0 spiro atoms. The SMILES string of the molecule is CCNc1nnc(SCC(=O)N(CC)Cc2ccc(OC)c(F)c2)s1. The van der Waals surface area contributed by atoms with E-state index in [4.69, 9.17) is 4.74 Å². The lowest BCUT2D eigenvalue weighted by molar-refractivity contribution is -0.128. The Morgan fingerprint density at radius 3 is 2.84 bits per heavy atom. The van der Waals surface area contributed by atoms with Gasteiger partial charge in [0.1, 0.15) is 0 Å². The van der Waals surface area contributed by atoms with Crippen molar-refractivity contribution in [2.24, 2.45) is 0 Å². The third-order valence-corrected chi connectivity index (χ3v) is 5.38. The first-order chi connectivity index (χ1) is 12.1. The molecule has 0 unspecified atom stereocenters. The van der Waals surface area contributed by atoms with Crippen LogP contribution in [0.15, 0.2) is 22.5 Å². The van der Waals surface area contributed by atoms with Crippen LogP contribution < -0.4 is 10.1 Å². The summed E-state index contributed by atoms with van der Waals surface area (Å²) in [5.74, 6) is 0.0146. The lowest BCUT2D eigenvalue weighted by Gasteiger charge is -2.21. The van der Waals surface area contributed by atoms with Gasteiger partial charge in [-0.3, -0.25) is 4.79 Å². The number of nitrogens with one attached hydrogen (secondary N) is 1. The standard InChI is InChI=1S/C16H21FN4O2S2/c1-4-18-15-19-20-16(25-15)24-10-14(22)21(5-2)9-11-6-7-13(23-3)12(17)8-11/h6-8H,4-5,9-10H2,1-3H3,(H,18,19). The number of methoxy groups -OCH3 is 1. The summed E-state index contributed by atoms with van der Waals surface area (Å²) < 4.78 is 19.4. The molecule has 0 radical (unpaired) electrons. The number of anilines is 1. The third-order valence-electron chi connectivity index (χ3n) is 3.38. The first-order valence-corrected chi connectivity index (χ1v) is 9.67. The average molecular weight is 385 g/mol. The number of thioether (sulfide) groups is 1. The number of benzene rings is 1. The predicted molar refractivity (Wildman–Crippen MR) is 98.8 cm³/mol. The average Bonchev–Trinajstić information content (AvgIpc) is 3.05. The van der Waals surface area contributed by atoms with Crippen molar-refractivity contribution in [3.05, 3.63) is 29.6 Å². The minimum atomic E-state index is -0.428. The van der Waals surface area contributed by atoms with E-state index in [9.17, 15) is 9.18 Å². The van der Waals surface area contributed by atoms with Crippen LogP contribution in [0.4, 0.5) is 9.52 Å². The number of hydrogen-bond donors (Lipinski definition) is 1. The molecule has 2 rings (SSSR count). The maximum atomic E-state index is 13.8. The highest BCUT2D eigenvalue weighted by Crippen LogP contribution is 2.26. The first-order valence-electron chi connectivity index (χ1n) is 7.87. The van der Waals surface area contributed by atoms with E-state index in [1.807, 2.05) is 13.8 Å². The molecule has 0 aliphatic rings. The molecule has 136 valence electrons. The summed E-state index contributed by atoms with van der Waals surface area (Å²) in [6, 6.07) is 4.73. The van der Waals surface area contributed by atoms with Crippen LogP contribution in [-0.2, 0) is 11.3 Å². The summed E-state index contributed by atoms with van der Waals surface area (Å²) in [5.41, 5.74) is 0.726. The topological polar surface area (TPSA) is 67.4 Å². The van der Waals surface area contributed by atoms with E-state index in [0.717, 1.165) is 21.6 Å². The second-order valence-corrected chi connectivity index (χ2v) is 7.27. The highest BCUT2D eigenvalue weighted by molar-refractivity contribution is 8.01. The number of ether oxygens (including phenoxy) is 1. The van der Waals surface area contributed by atoms with Gasteiger partial charge in [0.25, 0.3) is 0 Å². The molecular formula is C16H21FN4O2S2. The van der Waals surface area contributed by atoms with Gasteiger partial charge >= 0.3 is 0 Å². The van der Waals surface area contributed by atoms with Gasteiger partial charge in [0.2, 0.25) is 11.0 Å². The molecule has 0 aliphatic heterocycles. The van der Waals surface area contributed by atoms with Gasteiger partial charge in [-0.25, -0.2) is 4.39 Å². The van der Waals surface area contributed by atoms with Crippen molar-refractivity contribution in [1.82, 2.24) is 15.1 Å². The van der Waals surface area contributed by atoms with E-state index < -0.39 is 5.82 Å². The van der Waals surface area contributed by atoms with E-state index in [0.29, 0.717) is 13.1 Å². The van der Waals surface area contributed by atoms with Crippen molar-refractivity contribution in [3.63, 3.8) is 0 Å². The molecule has 0 fully saturated rings. The Hall–Kier alpha value is -1.87. The molecule has 0 aliphatic carbocycles. The zero-order valence-electron chi connectivity index (χ0n) is 14.4. The summed E-state index contributed by atoms with van der Waals surface area (Å²) >= 11 is 2.78. The molecule has 0 atom stereocenters. The Morgan fingerprint density at radius 1 is 1.40 bits per heavy atom. The van der Waals surface area contributed by atoms with Gasteiger partial charge in [0.05, 0.1) is 12.9 Å². The first kappa shape index (κ1) is 19.5. The van der Waals surface area contributed by atoms with Crippen molar-refractivity contribution < 1.29 is 13.9 Å². The lowest BCUT2D eigenvalue weighted by atomic mass is 10.2. The van der Waals surface area contributed by atoms with Crippen LogP contribution in [0.5, 0.6) is 5.75 Å². The number of rotatable bonds is 9. The van der Waals surface area contributed by atoms with Crippen molar-refractivity contribution in [2.75, 3.05) is 31.3 Å². The Bertz CT molecular complexity index is 711. The summed E-state index contributed by atoms with van der Waals surface area (Å²) in [7, 11) is 1.42. The number of nitrogens with zero attached hydrogens (tertiary/aromatic N) is 3. The predicted octanol–water partition coefficient (Wildman–Crippen LogP) is 3.26. The van der Waals surface area contributed by atoms with Crippen LogP contribution in [0.3, 0.4) is 0 Å². The van der Waals surface area contributed by atoms with E-state index in [2.05, 4.69) is 15.5 Å². The smallest absolute Gasteiger partial charge is 0.233 e. The molecule has 1 aromatic heterocycles. The van der Waals surface area contributed by atoms with Gasteiger partial charge in [-0.05, 0) is 31.5 Å². The number of carbonyl (C=O) groups is 1. The molecule has 0 saturated carbocycles. The second-order valence-electron chi connectivity index (χ2n) is 5.07. The van der Waals surface area contributed by atoms with Gasteiger partial charge in [-0.2, -0.15) is 0 Å². The molecule has 1 heterocycles. The molecule has 25 heavy (non-hydrogen) atoms. The molecule has 9 heteroatoms. The molecule has 1 amide bonds. The van der Waals surface area contributed by atoms with Crippen molar-refractivity contribution >= 4 is 34.1 Å². The summed E-state index contributed by atoms with van der Waals surface area (Å²) in [6.07, 6.45) is 0. The highest BCUT2D eigenvalue weighted by Gasteiger charge is 2.15. The minimum absolute atomic E-state index is 0.0241. The quantitative estimate of drug-likeness (QED) is 0.670. The Kier molecular flexibility index (Phi) is 7.45. The van der Waals surface area contributed by atoms with Crippen LogP contribution in [-0.4, -0.2) is 47.0 Å². The maximum Gasteiger partial charge on any atom is 0.233 e. The molecule has 2 aromatic rings. The van der Waals surface area contributed by atoms with Crippen LogP contribution in [0.1, 0.15) is 19.4 Å². The van der Waals surface area contributed by atoms with E-state index in [1.165, 1.54) is 36.3 Å². The van der Waals surface area contributed by atoms with Crippen LogP contribution in [0, 0.1) is 5.82 Å². The van der Waals surface area contributed by atoms with Crippen molar-refractivity contribution in [2.45, 2.75) is 24.7 Å². The third kappa shape index (κ3) is 5.57. The lowest BCUT2D eigenvalue weighted by Crippen LogP contribution is -2.31. The van der Waals surface area contributed by atoms with Crippen molar-refractivity contribution in [3.8, 4) is 5.75 Å². The van der Waals surface area contributed by atoms with Crippen LogP contribution in [0.25, 0.3) is 0 Å². The fourth-order valence-corrected chi connectivity index (χ4v) is 3.83. The minimum Gasteiger partial charge on any atom is -0.494 e. The van der Waals surface area contributed by atoms with Gasteiger partial charge in [0.15, 0.2) is 15.9 Å². The van der Waals surface area contributed by atoms with Gasteiger partial charge in [-0.1, -0.05) is 29.2 Å². The fraction of sp³-hybridized carbons (Fsp3) is 0.438. The zero-order valence-corrected chi connectivity index (χ0v) is 16.0. The normalized spacial score (nSPS) is 10.6. The Morgan fingerprint density at radius 2 is 2.20 bits per heavy atom. The summed E-state index contributed by atoms with van der Waals surface area (Å²) in [5, 5.41) is 11.9. The summed E-state index contributed by atoms with van der Waals surface area (Å²) in [6.45, 7) is 5.57. The number of halogens is 1. The largest absolute Gasteiger partial charge is 0.494 e. The number of hydrogen-bond acceptors (Lipinski definition) is 7. The molecule has 6 nitrogen and oxygen atoms in total.